The third-order valence-corrected chi connectivity index (χ3v) is 2.48. The third kappa shape index (κ3) is 40.7. The summed E-state index contributed by atoms with van der Waals surface area (Å²) in [5.41, 5.74) is 0. The Hall–Kier alpha value is -3.12. The highest BCUT2D eigenvalue weighted by Crippen LogP contribution is 1.76. The molecule has 0 heterocycles. The summed E-state index contributed by atoms with van der Waals surface area (Å²) in [6.45, 7) is 7.46. The van der Waals surface area contributed by atoms with Gasteiger partial charge in [-0.25, -0.2) is 0 Å². The van der Waals surface area contributed by atoms with E-state index in [2.05, 4.69) is 39.7 Å². The predicted molar refractivity (Wildman–Crippen MR) is 118 cm³/mol. The highest BCUT2D eigenvalue weighted by molar-refractivity contribution is 5.93. The molecular formula is C20H37N5O4. The average molecular weight is 412 g/mol. The molecule has 0 aromatic carbocycles. The Balaban J connectivity index is -0.000000148. The Morgan fingerprint density at radius 3 is 1.62 bits per heavy atom. The lowest BCUT2D eigenvalue weighted by atomic mass is 10.4. The van der Waals surface area contributed by atoms with Crippen LogP contribution in [0.15, 0.2) is 24.8 Å². The van der Waals surface area contributed by atoms with Crippen LogP contribution in [0, 0.1) is 11.8 Å². The van der Waals surface area contributed by atoms with Gasteiger partial charge in [-0.05, 0) is 33.0 Å². The molecule has 0 aliphatic heterocycles. The lowest BCUT2D eigenvalue weighted by Crippen LogP contribution is -2.16. The summed E-state index contributed by atoms with van der Waals surface area (Å²) in [7, 11) is 10.3. The fourth-order valence-electron chi connectivity index (χ4n) is 0.909. The smallest absolute Gasteiger partial charge is 0.295 e. The second-order valence-corrected chi connectivity index (χ2v) is 5.08. The zero-order valence-corrected chi connectivity index (χ0v) is 18.9. The van der Waals surface area contributed by atoms with Gasteiger partial charge in [0, 0.05) is 47.2 Å². The Labute approximate surface area is 175 Å². The number of carbonyl (C=O) groups is 4. The van der Waals surface area contributed by atoms with Crippen molar-refractivity contribution >= 4 is 23.6 Å². The first-order valence-corrected chi connectivity index (χ1v) is 8.81. The van der Waals surface area contributed by atoms with Crippen molar-refractivity contribution in [1.82, 2.24) is 26.2 Å². The van der Waals surface area contributed by atoms with E-state index >= 15 is 0 Å². The molecule has 4 amide bonds. The number of nitrogens with zero attached hydrogens (tertiary/aromatic N) is 1. The third-order valence-electron chi connectivity index (χ3n) is 2.48. The molecule has 0 aliphatic rings. The molecule has 0 aliphatic carbocycles. The van der Waals surface area contributed by atoms with Gasteiger partial charge in [0.2, 0.25) is 17.7 Å². The largest absolute Gasteiger partial charge is 0.359 e. The molecule has 0 fully saturated rings. The summed E-state index contributed by atoms with van der Waals surface area (Å²) in [5, 5.41) is 9.68. The van der Waals surface area contributed by atoms with Crippen molar-refractivity contribution in [2.24, 2.45) is 0 Å². The van der Waals surface area contributed by atoms with Crippen LogP contribution in [-0.4, -0.2) is 77.4 Å². The minimum Gasteiger partial charge on any atom is -0.359 e. The summed E-state index contributed by atoms with van der Waals surface area (Å²) in [6, 6.07) is 0. The van der Waals surface area contributed by atoms with Crippen molar-refractivity contribution in [3.63, 3.8) is 0 Å². The summed E-state index contributed by atoms with van der Waals surface area (Å²) in [4.78, 5) is 42.7. The van der Waals surface area contributed by atoms with Gasteiger partial charge >= 0.3 is 0 Å². The maximum absolute atomic E-state index is 10.6. The van der Waals surface area contributed by atoms with E-state index in [1.54, 1.807) is 35.1 Å². The van der Waals surface area contributed by atoms with Crippen molar-refractivity contribution in [2.75, 3.05) is 48.8 Å². The monoisotopic (exact) mass is 411 g/mol. The van der Waals surface area contributed by atoms with E-state index in [9.17, 15) is 19.2 Å². The average Bonchev–Trinajstić information content (AvgIpc) is 2.73. The summed E-state index contributed by atoms with van der Waals surface area (Å²) in [6.07, 6.45) is 5.15. The van der Waals surface area contributed by atoms with Crippen LogP contribution in [0.3, 0.4) is 0 Å². The van der Waals surface area contributed by atoms with E-state index in [1.165, 1.54) is 12.2 Å². The zero-order valence-electron chi connectivity index (χ0n) is 18.9. The Bertz CT molecular complexity index is 555. The maximum atomic E-state index is 10.6. The van der Waals surface area contributed by atoms with Crippen LogP contribution in [0.4, 0.5) is 0 Å². The summed E-state index contributed by atoms with van der Waals surface area (Å²) >= 11 is 0. The van der Waals surface area contributed by atoms with Gasteiger partial charge in [0.25, 0.3) is 5.91 Å². The van der Waals surface area contributed by atoms with Crippen LogP contribution in [0.1, 0.15) is 20.3 Å². The number of hydrogen-bond acceptors (Lipinski definition) is 5. The van der Waals surface area contributed by atoms with Gasteiger partial charge in [-0.1, -0.05) is 25.5 Å². The molecule has 0 saturated heterocycles. The molecule has 0 bridgehead atoms. The van der Waals surface area contributed by atoms with Gasteiger partial charge in [0.05, 0.1) is 0 Å². The SMILES string of the molecule is C=CC(=O)NC.CC#CC(=O)NC.CCC(=O)NC.CNC(=O)/C=C/CN(C)C. The summed E-state index contributed by atoms with van der Waals surface area (Å²) in [5.74, 6) is 4.41. The van der Waals surface area contributed by atoms with E-state index in [1.807, 2.05) is 32.0 Å². The number of likely N-dealkylation sites (N-methyl/N-ethyl adjacent to an activating group) is 3. The van der Waals surface area contributed by atoms with Crippen molar-refractivity contribution in [3.8, 4) is 11.8 Å². The highest BCUT2D eigenvalue weighted by atomic mass is 16.2. The molecule has 4 N–H and O–H groups in total. The van der Waals surface area contributed by atoms with Crippen LogP contribution in [0.5, 0.6) is 0 Å². The van der Waals surface area contributed by atoms with Crippen LogP contribution in [-0.2, 0) is 19.2 Å². The zero-order chi connectivity index (χ0) is 23.7. The number of carbonyl (C=O) groups excluding carboxylic acids is 4. The first kappa shape index (κ1) is 33.5. The van der Waals surface area contributed by atoms with Crippen molar-refractivity contribution in [1.29, 1.82) is 0 Å². The van der Waals surface area contributed by atoms with Crippen LogP contribution >= 0.6 is 0 Å². The van der Waals surface area contributed by atoms with Crippen molar-refractivity contribution in [2.45, 2.75) is 20.3 Å². The van der Waals surface area contributed by atoms with E-state index in [0.717, 1.165) is 6.54 Å². The first-order valence-electron chi connectivity index (χ1n) is 8.81. The van der Waals surface area contributed by atoms with E-state index < -0.39 is 0 Å². The molecule has 9 nitrogen and oxygen atoms in total. The molecule has 0 aromatic rings. The van der Waals surface area contributed by atoms with E-state index in [-0.39, 0.29) is 23.6 Å². The number of rotatable bonds is 5. The Morgan fingerprint density at radius 2 is 1.45 bits per heavy atom. The molecule has 0 spiro atoms. The van der Waals surface area contributed by atoms with Crippen molar-refractivity contribution in [3.05, 3.63) is 24.8 Å². The van der Waals surface area contributed by atoms with Crippen LogP contribution in [0.2, 0.25) is 0 Å². The van der Waals surface area contributed by atoms with Gasteiger partial charge in [-0.15, -0.1) is 0 Å². The van der Waals surface area contributed by atoms with Crippen LogP contribution in [0.25, 0.3) is 0 Å². The standard InChI is InChI=1S/C7H14N2O.C5H7NO.C4H9NO.C4H7NO/c1-8-7(10)5-4-6-9(2)3;1-3-4-5(7)6-2;2*1-3-4(6)5-2/h4-5H,6H2,1-3H3,(H,8,10);1-2H3,(H,6,7);3H2,1-2H3,(H,5,6);3H,1H2,2H3,(H,5,6)/b5-4+;;;. The molecule has 0 unspecified atom stereocenters. The normalized spacial score (nSPS) is 8.17. The topological polar surface area (TPSA) is 120 Å². The van der Waals surface area contributed by atoms with Crippen LogP contribution < -0.4 is 21.3 Å². The Morgan fingerprint density at radius 1 is 0.931 bits per heavy atom. The molecule has 0 saturated carbocycles. The summed E-state index contributed by atoms with van der Waals surface area (Å²) < 4.78 is 0. The van der Waals surface area contributed by atoms with Gasteiger partial charge in [-0.3, -0.25) is 19.2 Å². The number of amides is 4. The molecule has 29 heavy (non-hydrogen) atoms. The minimum absolute atomic E-state index is 0.0538. The predicted octanol–water partition coefficient (Wildman–Crippen LogP) is -0.333. The molecule has 0 aromatic heterocycles. The lowest BCUT2D eigenvalue weighted by molar-refractivity contribution is -0.120. The Kier molecular flexibility index (Phi) is 31.3. The number of nitrogens with one attached hydrogen (secondary N) is 4. The minimum atomic E-state index is -0.234. The highest BCUT2D eigenvalue weighted by Gasteiger charge is 1.87. The van der Waals surface area contributed by atoms with E-state index in [0.29, 0.717) is 6.42 Å². The molecule has 0 rings (SSSR count). The fraction of sp³-hybridized carbons (Fsp3) is 0.500. The van der Waals surface area contributed by atoms with E-state index in [4.69, 9.17) is 0 Å². The molecular weight excluding hydrogens is 374 g/mol. The fourth-order valence-corrected chi connectivity index (χ4v) is 0.909. The van der Waals surface area contributed by atoms with Gasteiger partial charge in [0.15, 0.2) is 0 Å². The molecule has 9 heteroatoms. The van der Waals surface area contributed by atoms with Gasteiger partial charge in [0.1, 0.15) is 0 Å². The maximum Gasteiger partial charge on any atom is 0.295 e. The number of hydrogen-bond donors (Lipinski definition) is 4. The van der Waals surface area contributed by atoms with Gasteiger partial charge in [-0.2, -0.15) is 0 Å². The molecule has 0 atom stereocenters. The quantitative estimate of drug-likeness (QED) is 0.365. The molecule has 166 valence electrons. The molecule has 0 radical (unpaired) electrons. The van der Waals surface area contributed by atoms with Crippen molar-refractivity contribution < 1.29 is 19.2 Å². The lowest BCUT2D eigenvalue weighted by Gasteiger charge is -2.02. The van der Waals surface area contributed by atoms with Gasteiger partial charge < -0.3 is 26.2 Å². The first-order chi connectivity index (χ1) is 13.6. The second-order valence-electron chi connectivity index (χ2n) is 5.08. The second kappa shape index (κ2) is 27.1.